The van der Waals surface area contributed by atoms with Gasteiger partial charge in [0.1, 0.15) is 0 Å². The minimum absolute atomic E-state index is 0.378. The van der Waals surface area contributed by atoms with Gasteiger partial charge in [-0.15, -0.1) is 0 Å². The molecule has 0 spiro atoms. The van der Waals surface area contributed by atoms with Crippen LogP contribution in [-0.2, 0) is 4.79 Å². The molecule has 0 aliphatic carbocycles. The van der Waals surface area contributed by atoms with Crippen LogP contribution in [0.25, 0.3) is 0 Å². The number of hydrogen-bond donors (Lipinski definition) is 0. The normalized spacial score (nSPS) is 19.5. The predicted octanol–water partition coefficient (Wildman–Crippen LogP) is 2.58. The zero-order valence-corrected chi connectivity index (χ0v) is 8.88. The van der Waals surface area contributed by atoms with Crippen LogP contribution in [0.4, 0.5) is 0 Å². The Morgan fingerprint density at radius 2 is 2.23 bits per heavy atom. The number of nitrogens with zero attached hydrogens (tertiary/aromatic N) is 1. The Kier molecular flexibility index (Phi) is 4.26. The molecule has 0 radical (unpaired) electrons. The maximum absolute atomic E-state index is 11.5. The average Bonchev–Trinajstić information content (AvgIpc) is 2.54. The fourth-order valence-electron chi connectivity index (χ4n) is 2.08. The fraction of sp³-hybridized carbons (Fsp3) is 0.909. The second kappa shape index (κ2) is 5.25. The molecule has 2 nitrogen and oxygen atoms in total. The summed E-state index contributed by atoms with van der Waals surface area (Å²) in [5.41, 5.74) is 0. The summed E-state index contributed by atoms with van der Waals surface area (Å²) in [5, 5.41) is 0. The summed E-state index contributed by atoms with van der Waals surface area (Å²) >= 11 is 0. The number of unbranched alkanes of at least 4 members (excludes halogenated alkanes) is 1. The lowest BCUT2D eigenvalue weighted by Gasteiger charge is -2.26. The van der Waals surface area contributed by atoms with E-state index in [9.17, 15) is 4.79 Å². The molecular weight excluding hydrogens is 162 g/mol. The van der Waals surface area contributed by atoms with Gasteiger partial charge in [-0.2, -0.15) is 0 Å². The first kappa shape index (κ1) is 10.6. The van der Waals surface area contributed by atoms with Crippen molar-refractivity contribution in [2.75, 3.05) is 6.54 Å². The topological polar surface area (TPSA) is 20.3 Å². The van der Waals surface area contributed by atoms with Gasteiger partial charge in [-0.25, -0.2) is 0 Å². The molecule has 1 atom stereocenters. The van der Waals surface area contributed by atoms with Crippen LogP contribution in [0.1, 0.15) is 52.4 Å². The molecule has 1 unspecified atom stereocenters. The van der Waals surface area contributed by atoms with Crippen molar-refractivity contribution in [3.8, 4) is 0 Å². The van der Waals surface area contributed by atoms with Gasteiger partial charge >= 0.3 is 0 Å². The molecule has 0 aromatic heterocycles. The molecule has 0 N–H and O–H groups in total. The Bertz CT molecular complexity index is 167. The number of carbonyl (C=O) groups is 1. The predicted molar refractivity (Wildman–Crippen MR) is 54.6 cm³/mol. The Hall–Kier alpha value is -0.530. The third kappa shape index (κ3) is 2.71. The van der Waals surface area contributed by atoms with E-state index in [0.717, 1.165) is 25.8 Å². The van der Waals surface area contributed by atoms with Gasteiger partial charge in [0.25, 0.3) is 0 Å². The summed E-state index contributed by atoms with van der Waals surface area (Å²) in [6.45, 7) is 5.39. The zero-order valence-electron chi connectivity index (χ0n) is 8.88. The highest BCUT2D eigenvalue weighted by Crippen LogP contribution is 2.19. The van der Waals surface area contributed by atoms with Crippen LogP contribution in [0, 0.1) is 0 Å². The third-order valence-corrected chi connectivity index (χ3v) is 2.91. The van der Waals surface area contributed by atoms with E-state index in [4.69, 9.17) is 0 Å². The average molecular weight is 183 g/mol. The molecule has 1 aliphatic rings. The first-order chi connectivity index (χ1) is 6.29. The second-order valence-electron chi connectivity index (χ2n) is 3.89. The van der Waals surface area contributed by atoms with E-state index in [-0.39, 0.29) is 0 Å². The van der Waals surface area contributed by atoms with Crippen molar-refractivity contribution in [3.63, 3.8) is 0 Å². The summed E-state index contributed by atoms with van der Waals surface area (Å²) in [6, 6.07) is 0.523. The lowest BCUT2D eigenvalue weighted by atomic mass is 10.1. The van der Waals surface area contributed by atoms with Crippen LogP contribution in [0.2, 0.25) is 0 Å². The van der Waals surface area contributed by atoms with E-state index in [1.807, 2.05) is 0 Å². The van der Waals surface area contributed by atoms with Crippen molar-refractivity contribution < 1.29 is 4.79 Å². The van der Waals surface area contributed by atoms with Gasteiger partial charge < -0.3 is 4.90 Å². The summed E-state index contributed by atoms with van der Waals surface area (Å²) in [7, 11) is 0. The molecule has 1 amide bonds. The molecule has 0 aromatic carbocycles. The van der Waals surface area contributed by atoms with Gasteiger partial charge in [-0.1, -0.05) is 26.7 Å². The first-order valence-corrected chi connectivity index (χ1v) is 5.59. The smallest absolute Gasteiger partial charge is 0.222 e. The molecule has 1 rings (SSSR count). The van der Waals surface area contributed by atoms with E-state index < -0.39 is 0 Å². The van der Waals surface area contributed by atoms with E-state index in [1.54, 1.807) is 0 Å². The minimum Gasteiger partial charge on any atom is -0.340 e. The zero-order chi connectivity index (χ0) is 9.68. The van der Waals surface area contributed by atoms with Crippen LogP contribution in [0.3, 0.4) is 0 Å². The quantitative estimate of drug-likeness (QED) is 0.641. The molecule has 1 heterocycles. The van der Waals surface area contributed by atoms with Crippen LogP contribution in [-0.4, -0.2) is 23.4 Å². The Morgan fingerprint density at radius 1 is 1.46 bits per heavy atom. The second-order valence-corrected chi connectivity index (χ2v) is 3.89. The van der Waals surface area contributed by atoms with Crippen molar-refractivity contribution in [2.45, 2.75) is 58.4 Å². The Morgan fingerprint density at radius 3 is 2.69 bits per heavy atom. The van der Waals surface area contributed by atoms with Gasteiger partial charge in [-0.3, -0.25) is 4.79 Å². The van der Waals surface area contributed by atoms with Crippen molar-refractivity contribution in [2.24, 2.45) is 0 Å². The minimum atomic E-state index is 0.378. The Balaban J connectivity index is 2.40. The highest BCUT2D eigenvalue weighted by Gasteiger charge is 2.25. The molecule has 1 aliphatic heterocycles. The van der Waals surface area contributed by atoms with E-state index in [2.05, 4.69) is 18.7 Å². The maximum Gasteiger partial charge on any atom is 0.222 e. The van der Waals surface area contributed by atoms with Crippen LogP contribution >= 0.6 is 0 Å². The van der Waals surface area contributed by atoms with Crippen molar-refractivity contribution in [3.05, 3.63) is 0 Å². The van der Waals surface area contributed by atoms with Gasteiger partial charge in [0, 0.05) is 19.0 Å². The highest BCUT2D eigenvalue weighted by atomic mass is 16.2. The van der Waals surface area contributed by atoms with Gasteiger partial charge in [-0.05, 0) is 19.3 Å². The van der Waals surface area contributed by atoms with E-state index >= 15 is 0 Å². The lowest BCUT2D eigenvalue weighted by Crippen LogP contribution is -2.35. The SMILES string of the molecule is CCCCC(CC)N1CCCC1=O. The molecule has 0 saturated carbocycles. The molecule has 0 aromatic rings. The van der Waals surface area contributed by atoms with Gasteiger partial charge in [0.2, 0.25) is 5.91 Å². The fourth-order valence-corrected chi connectivity index (χ4v) is 2.08. The van der Waals surface area contributed by atoms with Crippen molar-refractivity contribution >= 4 is 5.91 Å². The van der Waals surface area contributed by atoms with Crippen molar-refractivity contribution in [1.29, 1.82) is 0 Å². The van der Waals surface area contributed by atoms with Crippen molar-refractivity contribution in [1.82, 2.24) is 4.90 Å². The summed E-state index contributed by atoms with van der Waals surface area (Å²) in [6.07, 6.45) is 6.65. The first-order valence-electron chi connectivity index (χ1n) is 5.59. The van der Waals surface area contributed by atoms with Crippen LogP contribution < -0.4 is 0 Å². The monoisotopic (exact) mass is 183 g/mol. The van der Waals surface area contributed by atoms with Gasteiger partial charge in [0.05, 0.1) is 0 Å². The molecule has 2 heteroatoms. The summed E-state index contributed by atoms with van der Waals surface area (Å²) in [4.78, 5) is 13.6. The number of carbonyl (C=O) groups excluding carboxylic acids is 1. The van der Waals surface area contributed by atoms with Crippen LogP contribution in [0.5, 0.6) is 0 Å². The highest BCUT2D eigenvalue weighted by molar-refractivity contribution is 5.78. The van der Waals surface area contributed by atoms with Gasteiger partial charge in [0.15, 0.2) is 0 Å². The molecular formula is C11H21NO. The summed E-state index contributed by atoms with van der Waals surface area (Å²) < 4.78 is 0. The molecule has 13 heavy (non-hydrogen) atoms. The van der Waals surface area contributed by atoms with E-state index in [1.165, 1.54) is 19.3 Å². The lowest BCUT2D eigenvalue weighted by molar-refractivity contribution is -0.129. The summed E-state index contributed by atoms with van der Waals surface area (Å²) in [5.74, 6) is 0.378. The van der Waals surface area contributed by atoms with E-state index in [0.29, 0.717) is 11.9 Å². The third-order valence-electron chi connectivity index (χ3n) is 2.91. The number of rotatable bonds is 5. The Labute approximate surface area is 81.3 Å². The number of hydrogen-bond acceptors (Lipinski definition) is 1. The molecule has 0 bridgehead atoms. The largest absolute Gasteiger partial charge is 0.340 e. The molecule has 76 valence electrons. The van der Waals surface area contributed by atoms with Crippen LogP contribution in [0.15, 0.2) is 0 Å². The number of likely N-dealkylation sites (tertiary alicyclic amines) is 1. The standard InChI is InChI=1S/C11H21NO/c1-3-5-7-10(4-2)12-9-6-8-11(12)13/h10H,3-9H2,1-2H3. The number of amides is 1. The maximum atomic E-state index is 11.5. The molecule has 1 fully saturated rings. The molecule has 1 saturated heterocycles.